The summed E-state index contributed by atoms with van der Waals surface area (Å²) in [6, 6.07) is 11.6. The van der Waals surface area contributed by atoms with Crippen molar-refractivity contribution in [2.24, 2.45) is 5.92 Å². The van der Waals surface area contributed by atoms with E-state index in [0.717, 1.165) is 37.2 Å². The van der Waals surface area contributed by atoms with Crippen LogP contribution in [-0.4, -0.2) is 60.6 Å². The molecule has 0 N–H and O–H groups in total. The first kappa shape index (κ1) is 23.8. The highest BCUT2D eigenvalue weighted by Crippen LogP contribution is 2.34. The summed E-state index contributed by atoms with van der Waals surface area (Å²) in [5.41, 5.74) is 1.16. The van der Waals surface area contributed by atoms with Crippen molar-refractivity contribution in [3.05, 3.63) is 52.2 Å². The third-order valence-electron chi connectivity index (χ3n) is 6.28. The van der Waals surface area contributed by atoms with Gasteiger partial charge in [-0.1, -0.05) is 32.0 Å². The molecule has 1 aromatic heterocycles. The fourth-order valence-electron chi connectivity index (χ4n) is 4.59. The predicted molar refractivity (Wildman–Crippen MR) is 129 cm³/mol. The molecular weight excluding hydrogens is 436 g/mol. The van der Waals surface area contributed by atoms with E-state index in [0.29, 0.717) is 26.1 Å². The Morgan fingerprint density at radius 3 is 2.79 bits per heavy atom. The fraction of sp³-hybridized carbons (Fsp3) is 0.538. The number of amides is 2. The van der Waals surface area contributed by atoms with Crippen molar-refractivity contribution in [2.75, 3.05) is 32.8 Å². The molecule has 2 aromatic rings. The Morgan fingerprint density at radius 1 is 1.24 bits per heavy atom. The van der Waals surface area contributed by atoms with E-state index in [4.69, 9.17) is 9.47 Å². The minimum Gasteiger partial charge on any atom is -0.491 e. The Hall–Kier alpha value is -2.38. The first-order chi connectivity index (χ1) is 16.0. The third-order valence-corrected chi connectivity index (χ3v) is 7.27. The molecule has 4 rings (SSSR count). The lowest BCUT2D eigenvalue weighted by Gasteiger charge is -2.37. The van der Waals surface area contributed by atoms with E-state index in [1.807, 2.05) is 49.1 Å². The average molecular weight is 471 g/mol. The molecule has 3 heterocycles. The minimum absolute atomic E-state index is 0.0240. The molecule has 2 atom stereocenters. The van der Waals surface area contributed by atoms with Crippen LogP contribution in [0.2, 0.25) is 0 Å². The number of thiophene rings is 1. The summed E-state index contributed by atoms with van der Waals surface area (Å²) in [5, 5.41) is 2.09. The summed E-state index contributed by atoms with van der Waals surface area (Å²) in [6.07, 6.45) is 3.25. The van der Waals surface area contributed by atoms with Crippen LogP contribution in [0.5, 0.6) is 5.75 Å². The number of ether oxygens (including phenoxy) is 2. The maximum absolute atomic E-state index is 13.6. The van der Waals surface area contributed by atoms with Crippen LogP contribution < -0.4 is 4.74 Å². The number of nitrogens with zero attached hydrogens (tertiary/aromatic N) is 2. The number of para-hydroxylation sites is 1. The summed E-state index contributed by atoms with van der Waals surface area (Å²) in [4.78, 5) is 31.5. The molecule has 0 unspecified atom stereocenters. The molecule has 33 heavy (non-hydrogen) atoms. The molecular formula is C26H34N2O4S. The van der Waals surface area contributed by atoms with Crippen molar-refractivity contribution >= 4 is 23.2 Å². The van der Waals surface area contributed by atoms with Crippen LogP contribution in [-0.2, 0) is 20.7 Å². The second-order valence-corrected chi connectivity index (χ2v) is 10.3. The highest BCUT2D eigenvalue weighted by Gasteiger charge is 2.34. The monoisotopic (exact) mass is 470 g/mol. The van der Waals surface area contributed by atoms with Crippen LogP contribution in [0.1, 0.15) is 49.6 Å². The fourth-order valence-corrected chi connectivity index (χ4v) is 5.52. The number of carbonyl (C=O) groups is 2. The van der Waals surface area contributed by atoms with Gasteiger partial charge in [-0.2, -0.15) is 0 Å². The van der Waals surface area contributed by atoms with Gasteiger partial charge < -0.3 is 19.3 Å². The Bertz CT molecular complexity index is 923. The van der Waals surface area contributed by atoms with Crippen molar-refractivity contribution < 1.29 is 19.1 Å². The van der Waals surface area contributed by atoms with Crippen molar-refractivity contribution in [3.8, 4) is 5.75 Å². The molecule has 0 spiro atoms. The molecule has 2 aliphatic rings. The zero-order valence-corrected chi connectivity index (χ0v) is 20.4. The molecule has 0 aliphatic carbocycles. The Morgan fingerprint density at radius 2 is 2.06 bits per heavy atom. The van der Waals surface area contributed by atoms with Crippen LogP contribution in [0, 0.1) is 5.92 Å². The topological polar surface area (TPSA) is 59.1 Å². The average Bonchev–Trinajstić information content (AvgIpc) is 3.49. The van der Waals surface area contributed by atoms with E-state index in [9.17, 15) is 9.59 Å². The van der Waals surface area contributed by atoms with E-state index in [2.05, 4.69) is 11.4 Å². The van der Waals surface area contributed by atoms with Gasteiger partial charge in [-0.3, -0.25) is 9.59 Å². The predicted octanol–water partition coefficient (Wildman–Crippen LogP) is 4.31. The van der Waals surface area contributed by atoms with Gasteiger partial charge in [0, 0.05) is 31.0 Å². The smallest absolute Gasteiger partial charge is 0.242 e. The van der Waals surface area contributed by atoms with Gasteiger partial charge in [0.25, 0.3) is 0 Å². The molecule has 1 fully saturated rings. The Balaban J connectivity index is 1.48. The molecule has 0 radical (unpaired) electrons. The van der Waals surface area contributed by atoms with Crippen molar-refractivity contribution in [1.29, 1.82) is 0 Å². The first-order valence-corrected chi connectivity index (χ1v) is 12.8. The van der Waals surface area contributed by atoms with Gasteiger partial charge >= 0.3 is 0 Å². The molecule has 0 bridgehead atoms. The van der Waals surface area contributed by atoms with Crippen molar-refractivity contribution in [1.82, 2.24) is 9.80 Å². The maximum atomic E-state index is 13.6. The summed E-state index contributed by atoms with van der Waals surface area (Å²) >= 11 is 1.74. The van der Waals surface area contributed by atoms with Crippen LogP contribution >= 0.6 is 11.3 Å². The molecule has 0 saturated carbocycles. The highest BCUT2D eigenvalue weighted by molar-refractivity contribution is 7.10. The number of hydrogen-bond donors (Lipinski definition) is 0. The molecule has 178 valence electrons. The lowest BCUT2D eigenvalue weighted by atomic mass is 10.00. The number of fused-ring (bicyclic) bond motifs is 1. The first-order valence-electron chi connectivity index (χ1n) is 11.9. The Labute approximate surface area is 200 Å². The second-order valence-electron chi connectivity index (χ2n) is 9.28. The van der Waals surface area contributed by atoms with E-state index in [1.165, 1.54) is 4.88 Å². The Kier molecular flexibility index (Phi) is 8.04. The lowest BCUT2D eigenvalue weighted by molar-refractivity contribution is -0.144. The molecule has 2 amide bonds. The van der Waals surface area contributed by atoms with E-state index in [1.54, 1.807) is 16.2 Å². The molecule has 2 aliphatic heterocycles. The minimum atomic E-state index is -0.155. The summed E-state index contributed by atoms with van der Waals surface area (Å²) in [7, 11) is 0. The zero-order valence-electron chi connectivity index (χ0n) is 19.6. The maximum Gasteiger partial charge on any atom is 0.242 e. The zero-order chi connectivity index (χ0) is 23.2. The van der Waals surface area contributed by atoms with Crippen LogP contribution in [0.15, 0.2) is 41.8 Å². The van der Waals surface area contributed by atoms with E-state index < -0.39 is 0 Å². The molecule has 1 aromatic carbocycles. The summed E-state index contributed by atoms with van der Waals surface area (Å²) in [6.45, 7) is 6.41. The van der Waals surface area contributed by atoms with Gasteiger partial charge in [0.05, 0.1) is 18.7 Å². The van der Waals surface area contributed by atoms with E-state index in [-0.39, 0.29) is 36.4 Å². The van der Waals surface area contributed by atoms with Gasteiger partial charge in [-0.25, -0.2) is 0 Å². The van der Waals surface area contributed by atoms with Gasteiger partial charge in [0.15, 0.2) is 0 Å². The van der Waals surface area contributed by atoms with Gasteiger partial charge in [-0.15, -0.1) is 11.3 Å². The quantitative estimate of drug-likeness (QED) is 0.548. The highest BCUT2D eigenvalue weighted by atomic mass is 32.1. The normalized spacial score (nSPS) is 20.0. The summed E-state index contributed by atoms with van der Waals surface area (Å²) in [5.74, 6) is 1.04. The SMILES string of the molecule is CC(C)CC(=O)N(CC(=O)N1CCc2sccc2[C@@H]1COc1ccccc1)C[C@@H]1CCCO1. The largest absolute Gasteiger partial charge is 0.491 e. The molecule has 7 heteroatoms. The number of hydrogen-bond acceptors (Lipinski definition) is 5. The second kappa shape index (κ2) is 11.2. The molecule has 1 saturated heterocycles. The standard InChI is InChI=1S/C26H34N2O4S/c1-19(2)15-25(29)27(16-21-9-6-13-31-21)17-26(30)28-12-10-24-22(11-14-33-24)23(28)18-32-20-7-4-3-5-8-20/h3-5,7-8,11,14,19,21,23H,6,9-10,12-13,15-18H2,1-2H3/t21-,23-/m0/s1. The number of rotatable bonds is 9. The van der Waals surface area contributed by atoms with Crippen LogP contribution in [0.4, 0.5) is 0 Å². The third kappa shape index (κ3) is 6.15. The van der Waals surface area contributed by atoms with Crippen LogP contribution in [0.3, 0.4) is 0 Å². The summed E-state index contributed by atoms with van der Waals surface area (Å²) < 4.78 is 11.8. The van der Waals surface area contributed by atoms with Gasteiger partial charge in [-0.05, 0) is 54.3 Å². The van der Waals surface area contributed by atoms with Gasteiger partial charge in [0.1, 0.15) is 12.4 Å². The number of carbonyl (C=O) groups excluding carboxylic acids is 2. The van der Waals surface area contributed by atoms with E-state index >= 15 is 0 Å². The molecule has 6 nitrogen and oxygen atoms in total. The van der Waals surface area contributed by atoms with Gasteiger partial charge in [0.2, 0.25) is 11.8 Å². The lowest BCUT2D eigenvalue weighted by Crippen LogP contribution is -2.49. The van der Waals surface area contributed by atoms with Crippen molar-refractivity contribution in [2.45, 2.75) is 51.7 Å². The van der Waals surface area contributed by atoms with Crippen LogP contribution in [0.25, 0.3) is 0 Å². The number of benzene rings is 1. The van der Waals surface area contributed by atoms with Crippen molar-refractivity contribution in [3.63, 3.8) is 0 Å².